The number of hydrogen-bond acceptors (Lipinski definition) is 3. The third-order valence-electron chi connectivity index (χ3n) is 4.09. The molecule has 0 radical (unpaired) electrons. The summed E-state index contributed by atoms with van der Waals surface area (Å²) in [4.78, 5) is 27.2. The lowest BCUT2D eigenvalue weighted by Gasteiger charge is -2.35. The smallest absolute Gasteiger partial charge is 0.317 e. The Morgan fingerprint density at radius 2 is 1.86 bits per heavy atom. The molecule has 1 saturated heterocycles. The van der Waals surface area contributed by atoms with Crippen molar-refractivity contribution in [3.8, 4) is 0 Å². The molecule has 1 heterocycles. The van der Waals surface area contributed by atoms with Crippen molar-refractivity contribution in [1.82, 2.24) is 15.1 Å². The molecule has 1 aliphatic rings. The first kappa shape index (κ1) is 17.8. The Balaban J connectivity index is 2.38. The zero-order valence-corrected chi connectivity index (χ0v) is 13.6. The molecule has 2 N–H and O–H groups in total. The van der Waals surface area contributed by atoms with Crippen LogP contribution in [0, 0.1) is 11.8 Å². The van der Waals surface area contributed by atoms with Gasteiger partial charge in [-0.05, 0) is 39.3 Å². The molecule has 6 heteroatoms. The van der Waals surface area contributed by atoms with Crippen LogP contribution in [0.1, 0.15) is 33.1 Å². The van der Waals surface area contributed by atoms with Crippen molar-refractivity contribution in [2.24, 2.45) is 11.8 Å². The average molecular weight is 299 g/mol. The maximum atomic E-state index is 12.1. The summed E-state index contributed by atoms with van der Waals surface area (Å²) in [6.45, 7) is 5.65. The number of likely N-dealkylation sites (tertiary alicyclic amines) is 1. The number of carbonyl (C=O) groups excluding carboxylic acids is 1. The number of piperidine rings is 1. The number of carbonyl (C=O) groups is 2. The minimum absolute atomic E-state index is 0.137. The van der Waals surface area contributed by atoms with Gasteiger partial charge in [-0.2, -0.15) is 0 Å². The first-order chi connectivity index (χ1) is 9.81. The summed E-state index contributed by atoms with van der Waals surface area (Å²) in [6, 6.07) is 0.393. The van der Waals surface area contributed by atoms with E-state index in [0.717, 1.165) is 25.9 Å². The molecule has 2 amide bonds. The Labute approximate surface area is 127 Å². The summed E-state index contributed by atoms with van der Waals surface area (Å²) in [5, 5.41) is 11.9. The molecule has 1 unspecified atom stereocenters. The van der Waals surface area contributed by atoms with Gasteiger partial charge in [0.25, 0.3) is 0 Å². The zero-order chi connectivity index (χ0) is 16.0. The molecule has 0 aromatic heterocycles. The molecule has 0 aliphatic carbocycles. The van der Waals surface area contributed by atoms with Crippen molar-refractivity contribution in [3.63, 3.8) is 0 Å². The van der Waals surface area contributed by atoms with Gasteiger partial charge < -0.3 is 20.2 Å². The molecular weight excluding hydrogens is 270 g/mol. The van der Waals surface area contributed by atoms with Crippen LogP contribution in [0.2, 0.25) is 0 Å². The number of rotatable bonds is 6. The van der Waals surface area contributed by atoms with E-state index in [-0.39, 0.29) is 12.6 Å². The van der Waals surface area contributed by atoms with Crippen molar-refractivity contribution >= 4 is 12.0 Å². The Hall–Kier alpha value is -1.30. The first-order valence-electron chi connectivity index (χ1n) is 7.73. The molecule has 1 atom stereocenters. The highest BCUT2D eigenvalue weighted by molar-refractivity contribution is 5.76. The van der Waals surface area contributed by atoms with Crippen LogP contribution in [-0.2, 0) is 4.79 Å². The lowest BCUT2D eigenvalue weighted by atomic mass is 9.97. The van der Waals surface area contributed by atoms with Crippen molar-refractivity contribution in [1.29, 1.82) is 0 Å². The summed E-state index contributed by atoms with van der Waals surface area (Å²) < 4.78 is 0. The third-order valence-corrected chi connectivity index (χ3v) is 4.09. The Morgan fingerprint density at radius 1 is 1.29 bits per heavy atom. The molecule has 1 aliphatic heterocycles. The third kappa shape index (κ3) is 5.91. The average Bonchev–Trinajstić information content (AvgIpc) is 2.42. The van der Waals surface area contributed by atoms with Crippen molar-refractivity contribution in [3.05, 3.63) is 0 Å². The lowest BCUT2D eigenvalue weighted by Crippen LogP contribution is -2.49. The normalized spacial score (nSPS) is 18.1. The molecular formula is C15H29N3O3. The fourth-order valence-electron chi connectivity index (χ4n) is 2.75. The van der Waals surface area contributed by atoms with E-state index in [1.807, 2.05) is 13.8 Å². The Morgan fingerprint density at radius 3 is 2.29 bits per heavy atom. The quantitative estimate of drug-likeness (QED) is 0.779. The SMILES string of the molecule is CC(C)CC(CNC(=O)N1CCC(N(C)C)CC1)C(=O)O. The first-order valence-corrected chi connectivity index (χ1v) is 7.73. The predicted molar refractivity (Wildman–Crippen MR) is 82.3 cm³/mol. The van der Waals surface area contributed by atoms with E-state index in [1.54, 1.807) is 4.90 Å². The van der Waals surface area contributed by atoms with Crippen LogP contribution in [0.5, 0.6) is 0 Å². The van der Waals surface area contributed by atoms with E-state index in [4.69, 9.17) is 0 Å². The molecule has 21 heavy (non-hydrogen) atoms. The zero-order valence-electron chi connectivity index (χ0n) is 13.6. The molecule has 0 spiro atoms. The molecule has 0 saturated carbocycles. The van der Waals surface area contributed by atoms with Gasteiger partial charge in [-0.25, -0.2) is 4.79 Å². The van der Waals surface area contributed by atoms with Crippen LogP contribution in [0.25, 0.3) is 0 Å². The number of amides is 2. The van der Waals surface area contributed by atoms with E-state index in [9.17, 15) is 14.7 Å². The summed E-state index contributed by atoms with van der Waals surface area (Å²) >= 11 is 0. The fraction of sp³-hybridized carbons (Fsp3) is 0.867. The number of carboxylic acids is 1. The summed E-state index contributed by atoms with van der Waals surface area (Å²) in [5.74, 6) is -1.04. The maximum absolute atomic E-state index is 12.1. The van der Waals surface area contributed by atoms with Crippen LogP contribution in [0.3, 0.4) is 0 Å². The van der Waals surface area contributed by atoms with Gasteiger partial charge in [0.15, 0.2) is 0 Å². The van der Waals surface area contributed by atoms with Crippen molar-refractivity contribution in [2.45, 2.75) is 39.2 Å². The predicted octanol–water partition coefficient (Wildman–Crippen LogP) is 1.47. The number of nitrogens with one attached hydrogen (secondary N) is 1. The van der Waals surface area contributed by atoms with Gasteiger partial charge in [-0.1, -0.05) is 13.8 Å². The standard InChI is InChI=1S/C15H29N3O3/c1-11(2)9-12(14(19)20)10-16-15(21)18-7-5-13(6-8-18)17(3)4/h11-13H,5-10H2,1-4H3,(H,16,21)(H,19,20). The monoisotopic (exact) mass is 299 g/mol. The largest absolute Gasteiger partial charge is 0.481 e. The van der Waals surface area contributed by atoms with Gasteiger partial charge in [0.1, 0.15) is 0 Å². The van der Waals surface area contributed by atoms with Crippen LogP contribution < -0.4 is 5.32 Å². The molecule has 0 aromatic rings. The minimum atomic E-state index is -0.838. The van der Waals surface area contributed by atoms with Crippen molar-refractivity contribution < 1.29 is 14.7 Å². The topological polar surface area (TPSA) is 72.9 Å². The van der Waals surface area contributed by atoms with Crippen LogP contribution in [0.4, 0.5) is 4.79 Å². The number of carboxylic acid groups (broad SMARTS) is 1. The Kier molecular flexibility index (Phi) is 6.95. The van der Waals surface area contributed by atoms with Crippen molar-refractivity contribution in [2.75, 3.05) is 33.7 Å². The Bertz CT molecular complexity index is 350. The molecule has 6 nitrogen and oxygen atoms in total. The number of urea groups is 1. The minimum Gasteiger partial charge on any atom is -0.481 e. The second-order valence-corrected chi connectivity index (χ2v) is 6.53. The van der Waals surface area contributed by atoms with Crippen LogP contribution in [0.15, 0.2) is 0 Å². The van der Waals surface area contributed by atoms with Gasteiger partial charge in [-0.15, -0.1) is 0 Å². The van der Waals surface area contributed by atoms with Gasteiger partial charge in [0.05, 0.1) is 5.92 Å². The van der Waals surface area contributed by atoms with Gasteiger partial charge in [0.2, 0.25) is 0 Å². The number of hydrogen-bond donors (Lipinski definition) is 2. The highest BCUT2D eigenvalue weighted by atomic mass is 16.4. The molecule has 0 aromatic carbocycles. The molecule has 1 rings (SSSR count). The van der Waals surface area contributed by atoms with E-state index >= 15 is 0 Å². The lowest BCUT2D eigenvalue weighted by molar-refractivity contribution is -0.142. The van der Waals surface area contributed by atoms with Gasteiger partial charge in [-0.3, -0.25) is 4.79 Å². The van der Waals surface area contributed by atoms with Gasteiger partial charge >= 0.3 is 12.0 Å². The van der Waals surface area contributed by atoms with E-state index < -0.39 is 11.9 Å². The maximum Gasteiger partial charge on any atom is 0.317 e. The molecule has 122 valence electrons. The molecule has 1 fully saturated rings. The highest BCUT2D eigenvalue weighted by Gasteiger charge is 2.25. The van der Waals surface area contributed by atoms with E-state index in [1.165, 1.54) is 0 Å². The van der Waals surface area contributed by atoms with Gasteiger partial charge in [0, 0.05) is 25.7 Å². The number of nitrogens with zero attached hydrogens (tertiary/aromatic N) is 2. The fourth-order valence-corrected chi connectivity index (χ4v) is 2.75. The van der Waals surface area contributed by atoms with E-state index in [0.29, 0.717) is 18.4 Å². The highest BCUT2D eigenvalue weighted by Crippen LogP contribution is 2.15. The second kappa shape index (κ2) is 8.22. The van der Waals surface area contributed by atoms with E-state index in [2.05, 4.69) is 24.3 Å². The summed E-state index contributed by atoms with van der Waals surface area (Å²) in [6.07, 6.45) is 2.52. The second-order valence-electron chi connectivity index (χ2n) is 6.53. The van der Waals surface area contributed by atoms with Crippen LogP contribution in [-0.4, -0.2) is 66.7 Å². The molecule has 0 bridgehead atoms. The number of aliphatic carboxylic acids is 1. The van der Waals surface area contributed by atoms with Crippen LogP contribution >= 0.6 is 0 Å². The summed E-state index contributed by atoms with van der Waals surface area (Å²) in [7, 11) is 4.12. The summed E-state index contributed by atoms with van der Waals surface area (Å²) in [5.41, 5.74) is 0.